The highest BCUT2D eigenvalue weighted by molar-refractivity contribution is 5.99. The first-order valence-electron chi connectivity index (χ1n) is 4.75. The number of anilines is 1. The summed E-state index contributed by atoms with van der Waals surface area (Å²) >= 11 is 0. The zero-order valence-electron chi connectivity index (χ0n) is 8.41. The Labute approximate surface area is 83.2 Å². The van der Waals surface area contributed by atoms with E-state index in [0.717, 1.165) is 17.7 Å². The Kier molecular flexibility index (Phi) is 2.25. The smallest absolute Gasteiger partial charge is 0.255 e. The molecule has 1 aliphatic heterocycles. The van der Waals surface area contributed by atoms with Gasteiger partial charge >= 0.3 is 0 Å². The van der Waals surface area contributed by atoms with Gasteiger partial charge in [0.15, 0.2) is 0 Å². The number of aryl methyl sites for hydroxylation is 1. The number of fused-ring (bicyclic) bond motifs is 1. The lowest BCUT2D eigenvalue weighted by molar-refractivity contribution is -0.123. The van der Waals surface area contributed by atoms with Crippen molar-refractivity contribution >= 4 is 11.6 Å². The minimum atomic E-state index is 0.00996. The predicted molar refractivity (Wildman–Crippen MR) is 54.0 cm³/mol. The van der Waals surface area contributed by atoms with Crippen LogP contribution >= 0.6 is 0 Å². The van der Waals surface area contributed by atoms with Crippen molar-refractivity contribution < 1.29 is 9.63 Å². The van der Waals surface area contributed by atoms with Gasteiger partial charge in [-0.15, -0.1) is 0 Å². The fourth-order valence-corrected chi connectivity index (χ4v) is 1.74. The average Bonchev–Trinajstić information content (AvgIpc) is 2.52. The predicted octanol–water partition coefficient (Wildman–Crippen LogP) is 1.70. The maximum Gasteiger partial charge on any atom is 0.255 e. The minimum Gasteiger partial charge on any atom is -0.272 e. The summed E-state index contributed by atoms with van der Waals surface area (Å²) in [4.78, 5) is 16.5. The van der Waals surface area contributed by atoms with Crippen molar-refractivity contribution in [3.8, 4) is 0 Å². The summed E-state index contributed by atoms with van der Waals surface area (Å²) in [6.45, 7) is 2.09. The van der Waals surface area contributed by atoms with Crippen LogP contribution in [0.5, 0.6) is 0 Å². The van der Waals surface area contributed by atoms with Crippen LogP contribution in [0, 0.1) is 0 Å². The first-order valence-corrected chi connectivity index (χ1v) is 4.75. The molecule has 3 heteroatoms. The molecule has 0 aromatic heterocycles. The lowest BCUT2D eigenvalue weighted by Crippen LogP contribution is -2.24. The molecule has 0 bridgehead atoms. The molecule has 0 N–H and O–H groups in total. The Morgan fingerprint density at radius 3 is 2.93 bits per heavy atom. The van der Waals surface area contributed by atoms with Crippen molar-refractivity contribution in [2.24, 2.45) is 0 Å². The molecule has 0 spiro atoms. The van der Waals surface area contributed by atoms with Crippen LogP contribution in [-0.2, 0) is 22.5 Å². The van der Waals surface area contributed by atoms with Crippen LogP contribution in [0.1, 0.15) is 18.1 Å². The molecule has 1 heterocycles. The quantitative estimate of drug-likeness (QED) is 0.712. The van der Waals surface area contributed by atoms with Crippen molar-refractivity contribution in [1.29, 1.82) is 0 Å². The van der Waals surface area contributed by atoms with E-state index < -0.39 is 0 Å². The monoisotopic (exact) mass is 191 g/mol. The maximum atomic E-state index is 11.5. The van der Waals surface area contributed by atoms with E-state index in [2.05, 4.69) is 13.0 Å². The fourth-order valence-electron chi connectivity index (χ4n) is 1.74. The maximum absolute atomic E-state index is 11.5. The van der Waals surface area contributed by atoms with E-state index in [-0.39, 0.29) is 5.91 Å². The van der Waals surface area contributed by atoms with Crippen molar-refractivity contribution in [3.63, 3.8) is 0 Å². The largest absolute Gasteiger partial charge is 0.272 e. The Balaban J connectivity index is 2.44. The Morgan fingerprint density at radius 1 is 1.50 bits per heavy atom. The van der Waals surface area contributed by atoms with Crippen LogP contribution in [0.3, 0.4) is 0 Å². The number of benzene rings is 1. The second-order valence-corrected chi connectivity index (χ2v) is 3.36. The van der Waals surface area contributed by atoms with Gasteiger partial charge in [0.25, 0.3) is 5.91 Å². The van der Waals surface area contributed by atoms with Crippen LogP contribution in [0.2, 0.25) is 0 Å². The summed E-state index contributed by atoms with van der Waals surface area (Å²) < 4.78 is 0. The van der Waals surface area contributed by atoms with E-state index in [9.17, 15) is 4.79 Å². The highest BCUT2D eigenvalue weighted by Gasteiger charge is 2.27. The topological polar surface area (TPSA) is 29.5 Å². The summed E-state index contributed by atoms with van der Waals surface area (Å²) in [6.07, 6.45) is 1.42. The summed E-state index contributed by atoms with van der Waals surface area (Å²) in [7, 11) is 1.52. The third-order valence-electron chi connectivity index (χ3n) is 2.53. The number of carbonyl (C=O) groups excluding carboxylic acids is 1. The number of rotatable bonds is 2. The summed E-state index contributed by atoms with van der Waals surface area (Å²) in [6, 6.07) is 6.08. The third-order valence-corrected chi connectivity index (χ3v) is 2.53. The van der Waals surface area contributed by atoms with Crippen molar-refractivity contribution in [1.82, 2.24) is 0 Å². The summed E-state index contributed by atoms with van der Waals surface area (Å²) in [5, 5.41) is 1.37. The second kappa shape index (κ2) is 3.42. The molecule has 0 aliphatic carbocycles. The molecule has 0 saturated carbocycles. The van der Waals surface area contributed by atoms with Crippen molar-refractivity contribution in [3.05, 3.63) is 29.3 Å². The van der Waals surface area contributed by atoms with Crippen LogP contribution in [0.25, 0.3) is 0 Å². The number of hydrogen-bond acceptors (Lipinski definition) is 2. The van der Waals surface area contributed by atoms with E-state index in [1.807, 2.05) is 12.1 Å². The van der Waals surface area contributed by atoms with Crippen LogP contribution in [-0.4, -0.2) is 13.0 Å². The Hall–Kier alpha value is -1.35. The lowest BCUT2D eigenvalue weighted by Gasteiger charge is -2.13. The molecule has 14 heavy (non-hydrogen) atoms. The first kappa shape index (κ1) is 9.21. The normalized spacial score (nSPS) is 14.7. The van der Waals surface area contributed by atoms with Crippen molar-refractivity contribution in [2.45, 2.75) is 19.8 Å². The van der Waals surface area contributed by atoms with Gasteiger partial charge in [0, 0.05) is 0 Å². The van der Waals surface area contributed by atoms with Gasteiger partial charge < -0.3 is 0 Å². The molecular formula is C11H13NO2. The van der Waals surface area contributed by atoms with Gasteiger partial charge in [-0.1, -0.05) is 19.1 Å². The number of hydroxylamine groups is 1. The van der Waals surface area contributed by atoms with Gasteiger partial charge in [-0.3, -0.25) is 9.63 Å². The Bertz CT molecular complexity index is 374. The molecule has 1 amide bonds. The zero-order valence-corrected chi connectivity index (χ0v) is 8.41. The third kappa shape index (κ3) is 1.30. The number of amides is 1. The van der Waals surface area contributed by atoms with E-state index in [0.29, 0.717) is 6.42 Å². The minimum absolute atomic E-state index is 0.00996. The fraction of sp³-hybridized carbons (Fsp3) is 0.364. The number of nitrogens with zero attached hydrogens (tertiary/aromatic N) is 1. The molecule has 0 atom stereocenters. The average molecular weight is 191 g/mol. The summed E-state index contributed by atoms with van der Waals surface area (Å²) in [5.74, 6) is 0.00996. The van der Waals surface area contributed by atoms with E-state index in [4.69, 9.17) is 4.84 Å². The van der Waals surface area contributed by atoms with Gasteiger partial charge in [0.2, 0.25) is 0 Å². The molecular weight excluding hydrogens is 178 g/mol. The number of hydrogen-bond donors (Lipinski definition) is 0. The molecule has 0 radical (unpaired) electrons. The summed E-state index contributed by atoms with van der Waals surface area (Å²) in [5.41, 5.74) is 3.17. The first-order chi connectivity index (χ1) is 6.76. The SMILES string of the molecule is CCc1ccc2c(c1)N(OC)C(=O)C2. The van der Waals surface area contributed by atoms with Crippen molar-refractivity contribution in [2.75, 3.05) is 12.2 Å². The molecule has 74 valence electrons. The van der Waals surface area contributed by atoms with E-state index in [1.165, 1.54) is 17.7 Å². The molecule has 1 aromatic carbocycles. The molecule has 1 aromatic rings. The standard InChI is InChI=1S/C11H13NO2/c1-3-8-4-5-9-7-11(13)12(14-2)10(9)6-8/h4-6H,3,7H2,1-2H3. The van der Waals surface area contributed by atoms with E-state index in [1.54, 1.807) is 0 Å². The zero-order chi connectivity index (χ0) is 10.1. The van der Waals surface area contributed by atoms with Gasteiger partial charge in [0.1, 0.15) is 0 Å². The van der Waals surface area contributed by atoms with E-state index >= 15 is 0 Å². The lowest BCUT2D eigenvalue weighted by atomic mass is 10.1. The highest BCUT2D eigenvalue weighted by Crippen LogP contribution is 2.29. The van der Waals surface area contributed by atoms with Gasteiger partial charge in [-0.05, 0) is 23.6 Å². The molecule has 1 aliphatic rings. The van der Waals surface area contributed by atoms with Gasteiger partial charge in [-0.25, -0.2) is 0 Å². The molecule has 3 nitrogen and oxygen atoms in total. The second-order valence-electron chi connectivity index (χ2n) is 3.36. The highest BCUT2D eigenvalue weighted by atomic mass is 16.7. The van der Waals surface area contributed by atoms with Crippen LogP contribution in [0.15, 0.2) is 18.2 Å². The van der Waals surface area contributed by atoms with Crippen LogP contribution in [0.4, 0.5) is 5.69 Å². The van der Waals surface area contributed by atoms with Crippen LogP contribution < -0.4 is 5.06 Å². The molecule has 0 unspecified atom stereocenters. The molecule has 2 rings (SSSR count). The molecule has 0 fully saturated rings. The molecule has 0 saturated heterocycles. The van der Waals surface area contributed by atoms with Gasteiger partial charge in [-0.2, -0.15) is 5.06 Å². The Morgan fingerprint density at radius 2 is 2.29 bits per heavy atom. The number of carbonyl (C=O) groups is 1. The van der Waals surface area contributed by atoms with Gasteiger partial charge in [0.05, 0.1) is 19.2 Å².